The van der Waals surface area contributed by atoms with E-state index in [1.807, 2.05) is 30.5 Å². The molecule has 0 aliphatic carbocycles. The number of rotatable bonds is 11. The summed E-state index contributed by atoms with van der Waals surface area (Å²) in [4.78, 5) is 48.0. The summed E-state index contributed by atoms with van der Waals surface area (Å²) in [5.41, 5.74) is 2.07. The summed E-state index contributed by atoms with van der Waals surface area (Å²) in [6, 6.07) is 7.83. The first-order chi connectivity index (χ1) is 21.3. The fourth-order valence-corrected chi connectivity index (χ4v) is 4.38. The number of halogens is 6. The first-order valence-electron chi connectivity index (χ1n) is 14.3. The lowest BCUT2D eigenvalue weighted by Gasteiger charge is -2.27. The maximum Gasteiger partial charge on any atom is 0.430 e. The van der Waals surface area contributed by atoms with Gasteiger partial charge in [0.05, 0.1) is 33.4 Å². The number of alkyl halides is 6. The van der Waals surface area contributed by atoms with Gasteiger partial charge in [0.15, 0.2) is 5.70 Å². The number of methoxy groups -OCH3 is 1. The van der Waals surface area contributed by atoms with Crippen molar-refractivity contribution in [2.24, 2.45) is 10.9 Å². The fourth-order valence-electron chi connectivity index (χ4n) is 4.38. The zero-order valence-corrected chi connectivity index (χ0v) is 25.6. The number of hydrogen-bond donors (Lipinski definition) is 3. The highest BCUT2D eigenvalue weighted by atomic mass is 19.4. The molecule has 2 aliphatic heterocycles. The van der Waals surface area contributed by atoms with Crippen molar-refractivity contribution in [2.45, 2.75) is 70.3 Å². The first-order valence-corrected chi connectivity index (χ1v) is 14.3. The number of amidine groups is 1. The van der Waals surface area contributed by atoms with Gasteiger partial charge in [0, 0.05) is 30.7 Å². The van der Waals surface area contributed by atoms with Crippen LogP contribution < -0.4 is 30.5 Å². The largest absolute Gasteiger partial charge is 0.542 e. The van der Waals surface area contributed by atoms with Gasteiger partial charge in [0.1, 0.15) is 29.5 Å². The SMILES string of the molecule is COc1cccc(C2=CN=C(C(CCCCCC(C)=O)NC(=O)C3CC[NH+](C)CC3)[NH2+]2)c1.O=C([O-])C(F)(F)F.O=C([O-])C(F)(F)F. The highest BCUT2D eigenvalue weighted by Gasteiger charge is 2.32. The molecule has 4 N–H and O–H groups in total. The van der Waals surface area contributed by atoms with Crippen molar-refractivity contribution in [1.82, 2.24) is 5.32 Å². The van der Waals surface area contributed by atoms with E-state index in [0.29, 0.717) is 6.42 Å². The second kappa shape index (κ2) is 18.9. The van der Waals surface area contributed by atoms with Crippen molar-refractivity contribution in [3.8, 4) is 5.75 Å². The molecule has 1 fully saturated rings. The van der Waals surface area contributed by atoms with Crippen LogP contribution in [0.1, 0.15) is 57.4 Å². The molecule has 0 spiro atoms. The average Bonchev–Trinajstić information content (AvgIpc) is 3.46. The molecule has 2 heterocycles. The lowest BCUT2D eigenvalue weighted by molar-refractivity contribution is -0.885. The van der Waals surface area contributed by atoms with Crippen LogP contribution in [0.2, 0.25) is 0 Å². The second-order valence-corrected chi connectivity index (χ2v) is 10.7. The molecule has 1 saturated heterocycles. The van der Waals surface area contributed by atoms with Crippen molar-refractivity contribution in [1.29, 1.82) is 0 Å². The molecule has 258 valence electrons. The predicted molar refractivity (Wildman–Crippen MR) is 147 cm³/mol. The molecule has 1 amide bonds. The van der Waals surface area contributed by atoms with E-state index in [9.17, 15) is 35.9 Å². The zero-order valence-electron chi connectivity index (χ0n) is 25.6. The van der Waals surface area contributed by atoms with Gasteiger partial charge in [0.25, 0.3) is 0 Å². The number of carbonyl (C=O) groups is 4. The van der Waals surface area contributed by atoms with E-state index in [-0.39, 0.29) is 23.7 Å². The summed E-state index contributed by atoms with van der Waals surface area (Å²) in [6.07, 6.45) is -2.35. The van der Waals surface area contributed by atoms with Gasteiger partial charge in [-0.25, -0.2) is 4.99 Å². The van der Waals surface area contributed by atoms with Crippen molar-refractivity contribution < 1.29 is 70.7 Å². The molecule has 0 radical (unpaired) electrons. The molecule has 1 aromatic rings. The van der Waals surface area contributed by atoms with Crippen LogP contribution in [-0.4, -0.2) is 75.1 Å². The lowest BCUT2D eigenvalue weighted by Crippen LogP contribution is -3.10. The van der Waals surface area contributed by atoms with Crippen LogP contribution in [0.25, 0.3) is 5.70 Å². The molecule has 11 nitrogen and oxygen atoms in total. The van der Waals surface area contributed by atoms with Gasteiger partial charge >= 0.3 is 12.4 Å². The summed E-state index contributed by atoms with van der Waals surface area (Å²) in [6.45, 7) is 3.73. The zero-order chi connectivity index (χ0) is 35.1. The number of quaternary nitrogens is 2. The van der Waals surface area contributed by atoms with Gasteiger partial charge < -0.3 is 39.6 Å². The van der Waals surface area contributed by atoms with Gasteiger partial charge in [0.2, 0.25) is 11.7 Å². The van der Waals surface area contributed by atoms with Crippen molar-refractivity contribution in [3.63, 3.8) is 0 Å². The number of carbonyl (C=O) groups excluding carboxylic acids is 4. The Morgan fingerprint density at radius 2 is 1.59 bits per heavy atom. The Kier molecular flexibility index (Phi) is 16.4. The summed E-state index contributed by atoms with van der Waals surface area (Å²) in [5, 5.41) is 22.9. The number of aliphatic carboxylic acids is 2. The summed E-state index contributed by atoms with van der Waals surface area (Å²) >= 11 is 0. The number of nitrogens with one attached hydrogen (secondary N) is 2. The number of carboxylic acids is 2. The lowest BCUT2D eigenvalue weighted by atomic mass is 9.95. The van der Waals surface area contributed by atoms with Gasteiger partial charge in [-0.2, -0.15) is 26.3 Å². The van der Waals surface area contributed by atoms with Crippen LogP contribution in [-0.2, 0) is 19.2 Å². The van der Waals surface area contributed by atoms with Gasteiger partial charge in [-0.05, 0) is 38.0 Å². The molecule has 17 heteroatoms. The van der Waals surface area contributed by atoms with Gasteiger partial charge in [-0.3, -0.25) is 10.1 Å². The molecule has 0 aromatic heterocycles. The topological polar surface area (TPSA) is 169 Å². The van der Waals surface area contributed by atoms with Crippen LogP contribution in [0.5, 0.6) is 5.75 Å². The number of ketones is 1. The van der Waals surface area contributed by atoms with E-state index in [2.05, 4.69) is 22.7 Å². The van der Waals surface area contributed by atoms with Crippen LogP contribution >= 0.6 is 0 Å². The standard InChI is InChI=1S/C25H36N4O3.2C2HF3O2/c1-18(30)8-5-4-6-11-22(28-25(31)19-12-14-29(2)15-13-19)24-26-17-23(27-24)20-9-7-10-21(16-20)32-3;2*3-2(4,5)1(6)7/h7,9-10,16-17,19,22H,4-6,8,11-15H2,1-3H3,(H,26,27)(H,28,31);2*(H,6,7). The number of aliphatic imine (C=N–C) groups is 1. The number of likely N-dealkylation sites (tertiary alicyclic amines) is 1. The van der Waals surface area contributed by atoms with Gasteiger partial charge in [-0.1, -0.05) is 18.9 Å². The minimum Gasteiger partial charge on any atom is -0.542 e. The molecule has 0 bridgehead atoms. The number of piperidine rings is 1. The van der Waals surface area contributed by atoms with E-state index >= 15 is 0 Å². The van der Waals surface area contributed by atoms with E-state index in [0.717, 1.165) is 74.5 Å². The third-order valence-corrected chi connectivity index (χ3v) is 6.93. The number of nitrogens with two attached hydrogens (primary N) is 1. The van der Waals surface area contributed by atoms with E-state index in [4.69, 9.17) is 24.5 Å². The molecule has 0 saturated carbocycles. The number of benzene rings is 1. The van der Waals surface area contributed by atoms with Crippen LogP contribution in [0.3, 0.4) is 0 Å². The number of Topliss-reactive ketones (excluding diaryl/α,β-unsaturated/α-hetero) is 1. The van der Waals surface area contributed by atoms with Gasteiger partial charge in [-0.15, -0.1) is 0 Å². The van der Waals surface area contributed by atoms with Crippen LogP contribution in [0.4, 0.5) is 26.3 Å². The second-order valence-electron chi connectivity index (χ2n) is 10.7. The third-order valence-electron chi connectivity index (χ3n) is 6.93. The van der Waals surface area contributed by atoms with Crippen molar-refractivity contribution in [2.75, 3.05) is 27.2 Å². The Morgan fingerprint density at radius 1 is 1.02 bits per heavy atom. The van der Waals surface area contributed by atoms with Crippen LogP contribution in [0, 0.1) is 5.92 Å². The number of carboxylic acid groups (broad SMARTS) is 2. The summed E-state index contributed by atoms with van der Waals surface area (Å²) in [5.74, 6) is -3.82. The van der Waals surface area contributed by atoms with E-state index < -0.39 is 24.3 Å². The number of hydrogen-bond acceptors (Lipinski definition) is 8. The molecule has 2 aliphatic rings. The van der Waals surface area contributed by atoms with Crippen molar-refractivity contribution >= 4 is 35.2 Å². The minimum atomic E-state index is -5.19. The van der Waals surface area contributed by atoms with Crippen molar-refractivity contribution in [3.05, 3.63) is 36.0 Å². The van der Waals surface area contributed by atoms with E-state index in [1.54, 1.807) is 14.0 Å². The Balaban J connectivity index is 0.000000629. The third kappa shape index (κ3) is 15.3. The minimum absolute atomic E-state index is 0.0896. The fraction of sp³-hybridized carbons (Fsp3) is 0.552. The first kappa shape index (κ1) is 40.0. The smallest absolute Gasteiger partial charge is 0.430 e. The average molecular weight is 669 g/mol. The number of ether oxygens (including phenoxy) is 1. The summed E-state index contributed by atoms with van der Waals surface area (Å²) in [7, 11) is 3.85. The van der Waals surface area contributed by atoms with Crippen LogP contribution in [0.15, 0.2) is 35.5 Å². The Hall–Kier alpha value is -3.99. The molecular formula is C29H38F6N4O7. The maximum absolute atomic E-state index is 13.0. The molecule has 1 aromatic carbocycles. The summed E-state index contributed by atoms with van der Waals surface area (Å²) < 4.78 is 68.4. The molecule has 46 heavy (non-hydrogen) atoms. The number of nitrogens with zero attached hydrogens (tertiary/aromatic N) is 1. The van der Waals surface area contributed by atoms with E-state index in [1.165, 1.54) is 4.90 Å². The highest BCUT2D eigenvalue weighted by Crippen LogP contribution is 2.19. The number of amides is 1. The molecule has 1 unspecified atom stereocenters. The number of unbranched alkanes of at least 4 members (excludes halogenated alkanes) is 2. The maximum atomic E-state index is 13.0. The molecule has 1 atom stereocenters. The normalized spacial score (nSPS) is 18.4. The Labute approximate surface area is 261 Å². The Bertz CT molecular complexity index is 1220. The predicted octanol–water partition coefficient (Wildman–Crippen LogP) is -0.485. The molecular weight excluding hydrogens is 630 g/mol. The molecule has 3 rings (SSSR count). The quantitative estimate of drug-likeness (QED) is 0.211. The highest BCUT2D eigenvalue weighted by molar-refractivity contribution is 5.90. The monoisotopic (exact) mass is 668 g/mol. The Morgan fingerprint density at radius 3 is 2.09 bits per heavy atom.